The first-order chi connectivity index (χ1) is 13.5. The molecule has 0 spiro atoms. The third kappa shape index (κ3) is 3.58. The second-order valence-electron chi connectivity index (χ2n) is 5.89. The molecule has 7 heteroatoms. The second-order valence-corrected chi connectivity index (χ2v) is 7.18. The molecule has 2 aromatic carbocycles. The number of rotatable bonds is 3. The van der Waals surface area contributed by atoms with Crippen LogP contribution in [0, 0.1) is 17.1 Å². The Morgan fingerprint density at radius 3 is 2.75 bits per heavy atom. The summed E-state index contributed by atoms with van der Waals surface area (Å²) in [5.74, 6) is -0.352. The number of allylic oxidation sites excluding steroid dienone is 1. The Hall–Kier alpha value is -3.27. The molecular formula is C21H10ClFN2O2S. The molecule has 0 N–H and O–H groups in total. The Kier molecular flexibility index (Phi) is 4.78. The number of aromatic nitrogens is 1. The summed E-state index contributed by atoms with van der Waals surface area (Å²) in [7, 11) is 0. The van der Waals surface area contributed by atoms with Crippen LogP contribution in [-0.4, -0.2) is 4.98 Å². The molecule has 0 amide bonds. The number of benzene rings is 2. The molecule has 4 rings (SSSR count). The summed E-state index contributed by atoms with van der Waals surface area (Å²) in [6.07, 6.45) is 1.62. The summed E-state index contributed by atoms with van der Waals surface area (Å²) in [4.78, 5) is 16.8. The average Bonchev–Trinajstić information content (AvgIpc) is 3.17. The van der Waals surface area contributed by atoms with E-state index in [1.54, 1.807) is 47.9 Å². The first-order valence-corrected chi connectivity index (χ1v) is 9.36. The van der Waals surface area contributed by atoms with Crippen molar-refractivity contribution in [1.82, 2.24) is 4.98 Å². The molecule has 0 fully saturated rings. The van der Waals surface area contributed by atoms with E-state index in [9.17, 15) is 14.4 Å². The molecule has 0 aliphatic carbocycles. The predicted octanol–water partition coefficient (Wildman–Crippen LogP) is 5.77. The fourth-order valence-electron chi connectivity index (χ4n) is 2.66. The summed E-state index contributed by atoms with van der Waals surface area (Å²) >= 11 is 7.24. The molecule has 0 saturated carbocycles. The van der Waals surface area contributed by atoms with Crippen LogP contribution in [0.1, 0.15) is 10.6 Å². The Morgan fingerprint density at radius 1 is 1.21 bits per heavy atom. The van der Waals surface area contributed by atoms with Gasteiger partial charge in [0.15, 0.2) is 0 Å². The minimum atomic E-state index is -0.521. The fourth-order valence-corrected chi connectivity index (χ4v) is 3.63. The van der Waals surface area contributed by atoms with E-state index in [1.807, 2.05) is 0 Å². The highest BCUT2D eigenvalue weighted by Gasteiger charge is 2.14. The van der Waals surface area contributed by atoms with Gasteiger partial charge in [0.05, 0.1) is 16.8 Å². The van der Waals surface area contributed by atoms with Crippen molar-refractivity contribution in [2.24, 2.45) is 0 Å². The minimum absolute atomic E-state index is 0.288. The lowest BCUT2D eigenvalue weighted by Gasteiger charge is -2.00. The van der Waals surface area contributed by atoms with E-state index >= 15 is 0 Å². The van der Waals surface area contributed by atoms with Gasteiger partial charge in [0, 0.05) is 15.8 Å². The standard InChI is InChI=1S/C21H10ClFN2O2S/c22-15-3-6-19-13(8-15)9-17(21(26)27-19)18-11-28-20(25-18)14(10-24)7-12-1-4-16(23)5-2-12/h1-9,11H/b14-7-. The van der Waals surface area contributed by atoms with Crippen molar-refractivity contribution in [3.63, 3.8) is 0 Å². The van der Waals surface area contributed by atoms with Crippen LogP contribution >= 0.6 is 22.9 Å². The van der Waals surface area contributed by atoms with Crippen LogP contribution in [0.3, 0.4) is 0 Å². The molecule has 0 atom stereocenters. The third-order valence-corrected chi connectivity index (χ3v) is 5.12. The fraction of sp³-hybridized carbons (Fsp3) is 0. The van der Waals surface area contributed by atoms with E-state index in [0.717, 1.165) is 0 Å². The van der Waals surface area contributed by atoms with Gasteiger partial charge in [-0.15, -0.1) is 11.3 Å². The lowest BCUT2D eigenvalue weighted by Crippen LogP contribution is -2.02. The van der Waals surface area contributed by atoms with Crippen molar-refractivity contribution in [3.8, 4) is 17.3 Å². The van der Waals surface area contributed by atoms with E-state index < -0.39 is 5.63 Å². The molecule has 0 saturated heterocycles. The van der Waals surface area contributed by atoms with Crippen molar-refractivity contribution in [1.29, 1.82) is 5.26 Å². The highest BCUT2D eigenvalue weighted by atomic mass is 35.5. The molecule has 0 unspecified atom stereocenters. The highest BCUT2D eigenvalue weighted by molar-refractivity contribution is 7.11. The van der Waals surface area contributed by atoms with Gasteiger partial charge < -0.3 is 4.42 Å². The van der Waals surface area contributed by atoms with Gasteiger partial charge in [-0.2, -0.15) is 5.26 Å². The van der Waals surface area contributed by atoms with Gasteiger partial charge in [0.2, 0.25) is 0 Å². The van der Waals surface area contributed by atoms with Crippen LogP contribution in [-0.2, 0) is 0 Å². The van der Waals surface area contributed by atoms with Crippen LogP contribution in [0.25, 0.3) is 33.9 Å². The molecule has 0 aliphatic rings. The first kappa shape index (κ1) is 18.1. The van der Waals surface area contributed by atoms with E-state index in [1.165, 1.54) is 23.5 Å². The SMILES string of the molecule is N#C/C(=C/c1ccc(F)cc1)c1nc(-c2cc3cc(Cl)ccc3oc2=O)cs1. The van der Waals surface area contributed by atoms with Crippen LogP contribution in [0.15, 0.2) is 63.1 Å². The van der Waals surface area contributed by atoms with E-state index in [2.05, 4.69) is 11.1 Å². The Labute approximate surface area is 167 Å². The zero-order valence-electron chi connectivity index (χ0n) is 14.1. The van der Waals surface area contributed by atoms with Gasteiger partial charge in [0.1, 0.15) is 22.5 Å². The molecule has 0 radical (unpaired) electrons. The van der Waals surface area contributed by atoms with Crippen LogP contribution < -0.4 is 5.63 Å². The molecule has 136 valence electrons. The lowest BCUT2D eigenvalue weighted by atomic mass is 10.1. The number of halogens is 2. The number of hydrogen-bond donors (Lipinski definition) is 0. The number of fused-ring (bicyclic) bond motifs is 1. The van der Waals surface area contributed by atoms with Crippen LogP contribution in [0.5, 0.6) is 0 Å². The predicted molar refractivity (Wildman–Crippen MR) is 108 cm³/mol. The Balaban J connectivity index is 1.75. The normalized spacial score (nSPS) is 11.5. The average molecular weight is 409 g/mol. The van der Waals surface area contributed by atoms with E-state index in [4.69, 9.17) is 16.0 Å². The first-order valence-electron chi connectivity index (χ1n) is 8.10. The molecule has 0 aliphatic heterocycles. The van der Waals surface area contributed by atoms with Gasteiger partial charge >= 0.3 is 5.63 Å². The molecule has 0 bridgehead atoms. The van der Waals surface area contributed by atoms with Gasteiger partial charge in [-0.05, 0) is 48.0 Å². The maximum Gasteiger partial charge on any atom is 0.345 e. The maximum absolute atomic E-state index is 13.1. The number of nitrogens with zero attached hydrogens (tertiary/aromatic N) is 2. The Morgan fingerprint density at radius 2 is 2.00 bits per heavy atom. The monoisotopic (exact) mass is 408 g/mol. The van der Waals surface area contributed by atoms with Gasteiger partial charge in [-0.3, -0.25) is 0 Å². The highest BCUT2D eigenvalue weighted by Crippen LogP contribution is 2.28. The van der Waals surface area contributed by atoms with E-state index in [-0.39, 0.29) is 11.4 Å². The summed E-state index contributed by atoms with van der Waals surface area (Å²) < 4.78 is 18.4. The summed E-state index contributed by atoms with van der Waals surface area (Å²) in [5.41, 5.74) is 1.60. The zero-order chi connectivity index (χ0) is 19.7. The van der Waals surface area contributed by atoms with Gasteiger partial charge in [0.25, 0.3) is 0 Å². The summed E-state index contributed by atoms with van der Waals surface area (Å²) in [5, 5.41) is 12.8. The molecular weight excluding hydrogens is 399 g/mol. The maximum atomic E-state index is 13.1. The topological polar surface area (TPSA) is 66.9 Å². The van der Waals surface area contributed by atoms with E-state index in [0.29, 0.717) is 37.8 Å². The largest absolute Gasteiger partial charge is 0.422 e. The molecule has 2 aromatic heterocycles. The van der Waals surface area contributed by atoms with Crippen molar-refractivity contribution < 1.29 is 8.81 Å². The molecule has 4 nitrogen and oxygen atoms in total. The van der Waals surface area contributed by atoms with Crippen molar-refractivity contribution in [3.05, 3.63) is 85.7 Å². The minimum Gasteiger partial charge on any atom is -0.422 e. The van der Waals surface area contributed by atoms with Crippen LogP contribution in [0.2, 0.25) is 5.02 Å². The summed E-state index contributed by atoms with van der Waals surface area (Å²) in [6, 6.07) is 14.5. The third-order valence-electron chi connectivity index (χ3n) is 4.01. The number of hydrogen-bond acceptors (Lipinski definition) is 5. The summed E-state index contributed by atoms with van der Waals surface area (Å²) in [6.45, 7) is 0. The molecule has 4 aromatic rings. The van der Waals surface area contributed by atoms with Gasteiger partial charge in [-0.1, -0.05) is 23.7 Å². The smallest absolute Gasteiger partial charge is 0.345 e. The van der Waals surface area contributed by atoms with Gasteiger partial charge in [-0.25, -0.2) is 14.2 Å². The van der Waals surface area contributed by atoms with Crippen LogP contribution in [0.4, 0.5) is 4.39 Å². The number of thiazole rings is 1. The Bertz CT molecular complexity index is 1320. The van der Waals surface area contributed by atoms with Crippen molar-refractivity contribution in [2.75, 3.05) is 0 Å². The zero-order valence-corrected chi connectivity index (χ0v) is 15.7. The molecule has 2 heterocycles. The number of nitriles is 1. The van der Waals surface area contributed by atoms with Crippen molar-refractivity contribution >= 4 is 45.6 Å². The molecule has 28 heavy (non-hydrogen) atoms. The second kappa shape index (κ2) is 7.39. The lowest BCUT2D eigenvalue weighted by molar-refractivity contribution is 0.563. The van der Waals surface area contributed by atoms with Crippen molar-refractivity contribution in [2.45, 2.75) is 0 Å². The quantitative estimate of drug-likeness (QED) is 0.318.